The number of pyridine rings is 1. The van der Waals surface area contributed by atoms with Crippen LogP contribution in [-0.4, -0.2) is 25.4 Å². The van der Waals surface area contributed by atoms with Gasteiger partial charge in [-0.3, -0.25) is 0 Å². The van der Waals surface area contributed by atoms with Crippen molar-refractivity contribution >= 4 is 27.0 Å². The van der Waals surface area contributed by atoms with E-state index in [-0.39, 0.29) is 11.6 Å². The predicted molar refractivity (Wildman–Crippen MR) is 74.7 cm³/mol. The number of hydrogen-bond donors (Lipinski definition) is 2. The zero-order chi connectivity index (χ0) is 13.9. The van der Waals surface area contributed by atoms with Gasteiger partial charge in [-0.05, 0) is 19.1 Å². The van der Waals surface area contributed by atoms with Crippen LogP contribution < -0.4 is 10.0 Å². The first-order valence-electron chi connectivity index (χ1n) is 5.56. The molecule has 2 aromatic rings. The second-order valence-corrected chi connectivity index (χ2v) is 6.41. The van der Waals surface area contributed by atoms with Gasteiger partial charge < -0.3 is 5.32 Å². The quantitative estimate of drug-likeness (QED) is 0.871. The first-order chi connectivity index (χ1) is 9.04. The Kier molecular flexibility index (Phi) is 4.13. The summed E-state index contributed by atoms with van der Waals surface area (Å²) in [6.07, 6.45) is 1.45. The van der Waals surface area contributed by atoms with Gasteiger partial charge >= 0.3 is 0 Å². The summed E-state index contributed by atoms with van der Waals surface area (Å²) in [6.45, 7) is 2.07. The number of anilines is 1. The van der Waals surface area contributed by atoms with E-state index in [0.717, 1.165) is 10.6 Å². The molecule has 2 rings (SSSR count). The number of aromatic nitrogens is 2. The maximum atomic E-state index is 12.2. The Morgan fingerprint density at radius 3 is 2.79 bits per heavy atom. The van der Waals surface area contributed by atoms with Gasteiger partial charge in [-0.25, -0.2) is 23.1 Å². The van der Waals surface area contributed by atoms with E-state index in [9.17, 15) is 8.42 Å². The van der Waals surface area contributed by atoms with E-state index in [0.29, 0.717) is 5.69 Å². The molecule has 2 N–H and O–H groups in total. The lowest BCUT2D eigenvalue weighted by molar-refractivity contribution is 0.578. The van der Waals surface area contributed by atoms with Crippen LogP contribution >= 0.6 is 11.3 Å². The summed E-state index contributed by atoms with van der Waals surface area (Å²) in [5, 5.41) is 2.81. The summed E-state index contributed by atoms with van der Waals surface area (Å²) in [5.74, 6) is 0. The van der Waals surface area contributed by atoms with E-state index in [2.05, 4.69) is 20.0 Å². The fraction of sp³-hybridized carbons (Fsp3) is 0.273. The van der Waals surface area contributed by atoms with Crippen LogP contribution in [0.2, 0.25) is 0 Å². The first-order valence-corrected chi connectivity index (χ1v) is 7.92. The molecule has 0 aliphatic carbocycles. The van der Waals surface area contributed by atoms with Crippen molar-refractivity contribution in [1.82, 2.24) is 14.7 Å². The minimum Gasteiger partial charge on any atom is -0.386 e. The Bertz CT molecular complexity index is 667. The van der Waals surface area contributed by atoms with Gasteiger partial charge in [0, 0.05) is 24.7 Å². The number of rotatable bonds is 5. The van der Waals surface area contributed by atoms with Crippen LogP contribution in [0, 0.1) is 6.92 Å². The molecule has 0 bridgehead atoms. The van der Waals surface area contributed by atoms with E-state index in [4.69, 9.17) is 0 Å². The van der Waals surface area contributed by atoms with Gasteiger partial charge in [0.05, 0.1) is 16.9 Å². The number of hydrogen-bond acceptors (Lipinski definition) is 6. The fourth-order valence-corrected chi connectivity index (χ4v) is 3.46. The molecule has 0 fully saturated rings. The minimum absolute atomic E-state index is 0.000307. The third kappa shape index (κ3) is 3.09. The van der Waals surface area contributed by atoms with Gasteiger partial charge in [-0.2, -0.15) is 0 Å². The number of thiazole rings is 1. The van der Waals surface area contributed by atoms with Crippen molar-refractivity contribution in [1.29, 1.82) is 0 Å². The molecule has 0 radical (unpaired) electrons. The first kappa shape index (κ1) is 13.9. The molecule has 6 nitrogen and oxygen atoms in total. The molecular formula is C11H14N4O2S2. The van der Waals surface area contributed by atoms with Gasteiger partial charge in [0.1, 0.15) is 0 Å². The third-order valence-electron chi connectivity index (χ3n) is 2.56. The SMILES string of the molecule is CNc1cccnc1S(=O)(=O)NCc1scnc1C. The molecule has 0 amide bonds. The summed E-state index contributed by atoms with van der Waals surface area (Å²) >= 11 is 1.42. The molecule has 0 aliphatic rings. The molecule has 0 atom stereocenters. The Labute approximate surface area is 116 Å². The predicted octanol–water partition coefficient (Wildman–Crippen LogP) is 1.37. The highest BCUT2D eigenvalue weighted by Crippen LogP contribution is 2.18. The highest BCUT2D eigenvalue weighted by molar-refractivity contribution is 7.89. The largest absolute Gasteiger partial charge is 0.386 e. The van der Waals surface area contributed by atoms with Gasteiger partial charge in [0.15, 0.2) is 5.03 Å². The van der Waals surface area contributed by atoms with Gasteiger partial charge in [-0.15, -0.1) is 11.3 Å². The summed E-state index contributed by atoms with van der Waals surface area (Å²) in [4.78, 5) is 8.89. The highest BCUT2D eigenvalue weighted by atomic mass is 32.2. The zero-order valence-corrected chi connectivity index (χ0v) is 12.2. The summed E-state index contributed by atoms with van der Waals surface area (Å²) in [5.41, 5.74) is 3.00. The third-order valence-corrected chi connectivity index (χ3v) is 4.86. The van der Waals surface area contributed by atoms with Crippen LogP contribution in [0.1, 0.15) is 10.6 Å². The second-order valence-electron chi connectivity index (χ2n) is 3.79. The van der Waals surface area contributed by atoms with E-state index < -0.39 is 10.0 Å². The lowest BCUT2D eigenvalue weighted by Crippen LogP contribution is -2.25. The normalized spacial score (nSPS) is 11.5. The van der Waals surface area contributed by atoms with Crippen LogP contribution in [0.3, 0.4) is 0 Å². The van der Waals surface area contributed by atoms with Gasteiger partial charge in [0.2, 0.25) is 0 Å². The van der Waals surface area contributed by atoms with Crippen LogP contribution in [0.4, 0.5) is 5.69 Å². The molecule has 19 heavy (non-hydrogen) atoms. The van der Waals surface area contributed by atoms with Crippen molar-refractivity contribution in [2.24, 2.45) is 0 Å². The van der Waals surface area contributed by atoms with Gasteiger partial charge in [-0.1, -0.05) is 0 Å². The number of nitrogens with zero attached hydrogens (tertiary/aromatic N) is 2. The summed E-state index contributed by atoms with van der Waals surface area (Å²) in [7, 11) is -1.98. The molecule has 0 aliphatic heterocycles. The average Bonchev–Trinajstić information content (AvgIpc) is 2.82. The van der Waals surface area contributed by atoms with E-state index in [1.54, 1.807) is 24.7 Å². The molecule has 0 saturated heterocycles. The van der Waals surface area contributed by atoms with Gasteiger partial charge in [0.25, 0.3) is 10.0 Å². The molecule has 2 heterocycles. The topological polar surface area (TPSA) is 84.0 Å². The van der Waals surface area contributed by atoms with E-state index >= 15 is 0 Å². The Balaban J connectivity index is 2.21. The van der Waals surface area contributed by atoms with Crippen molar-refractivity contribution in [3.05, 3.63) is 34.4 Å². The zero-order valence-electron chi connectivity index (χ0n) is 10.5. The van der Waals surface area contributed by atoms with Crippen LogP contribution in [0.25, 0.3) is 0 Å². The lowest BCUT2D eigenvalue weighted by atomic mass is 10.4. The number of sulfonamides is 1. The molecule has 0 aromatic carbocycles. The van der Waals surface area contributed by atoms with Crippen molar-refractivity contribution in [3.8, 4) is 0 Å². The Morgan fingerprint density at radius 1 is 1.37 bits per heavy atom. The molecule has 0 spiro atoms. The van der Waals surface area contributed by atoms with Crippen LogP contribution in [0.5, 0.6) is 0 Å². The molecule has 102 valence electrons. The smallest absolute Gasteiger partial charge is 0.260 e. The van der Waals surface area contributed by atoms with E-state index in [1.165, 1.54) is 17.5 Å². The van der Waals surface area contributed by atoms with Crippen molar-refractivity contribution in [3.63, 3.8) is 0 Å². The maximum Gasteiger partial charge on any atom is 0.260 e. The fourth-order valence-electron chi connectivity index (χ4n) is 1.52. The molecule has 0 saturated carbocycles. The van der Waals surface area contributed by atoms with Crippen molar-refractivity contribution < 1.29 is 8.42 Å². The minimum atomic E-state index is -3.64. The van der Waals surface area contributed by atoms with Crippen LogP contribution in [0.15, 0.2) is 28.9 Å². The second kappa shape index (κ2) is 5.64. The lowest BCUT2D eigenvalue weighted by Gasteiger charge is -2.09. The number of nitrogens with one attached hydrogen (secondary N) is 2. The Morgan fingerprint density at radius 2 is 2.16 bits per heavy atom. The summed E-state index contributed by atoms with van der Waals surface area (Å²) in [6, 6.07) is 3.34. The monoisotopic (exact) mass is 298 g/mol. The standard InChI is InChI=1S/C11H14N4O2S2/c1-8-10(18-7-14-8)6-15-19(16,17)11-9(12-2)4-3-5-13-11/h3-5,7,12,15H,6H2,1-2H3. The highest BCUT2D eigenvalue weighted by Gasteiger charge is 2.19. The van der Waals surface area contributed by atoms with Crippen molar-refractivity contribution in [2.75, 3.05) is 12.4 Å². The summed E-state index contributed by atoms with van der Waals surface area (Å²) < 4.78 is 26.9. The van der Waals surface area contributed by atoms with Crippen molar-refractivity contribution in [2.45, 2.75) is 18.5 Å². The number of aryl methyl sites for hydroxylation is 1. The Hall–Kier alpha value is -1.51. The average molecular weight is 298 g/mol. The molecular weight excluding hydrogens is 284 g/mol. The van der Waals surface area contributed by atoms with Crippen LogP contribution in [-0.2, 0) is 16.6 Å². The molecule has 2 aromatic heterocycles. The molecule has 8 heteroatoms. The maximum absolute atomic E-state index is 12.2. The van der Waals surface area contributed by atoms with E-state index in [1.807, 2.05) is 6.92 Å². The molecule has 0 unspecified atom stereocenters.